The number of nitrogens with zero attached hydrogens (tertiary/aromatic N) is 3. The lowest BCUT2D eigenvalue weighted by Gasteiger charge is -2.25. The van der Waals surface area contributed by atoms with Crippen molar-refractivity contribution in [2.45, 2.75) is 19.0 Å². The summed E-state index contributed by atoms with van der Waals surface area (Å²) in [6, 6.07) is 18.1. The highest BCUT2D eigenvalue weighted by atomic mass is 19.4. The van der Waals surface area contributed by atoms with E-state index in [0.29, 0.717) is 61.9 Å². The first-order chi connectivity index (χ1) is 17.8. The van der Waals surface area contributed by atoms with Gasteiger partial charge in [-0.2, -0.15) is 13.2 Å². The fourth-order valence-electron chi connectivity index (χ4n) is 4.56. The second kappa shape index (κ2) is 10.2. The number of methoxy groups -OCH3 is 1. The van der Waals surface area contributed by atoms with Gasteiger partial charge in [-0.1, -0.05) is 30.3 Å². The van der Waals surface area contributed by atoms with Gasteiger partial charge in [0, 0.05) is 32.2 Å². The second-order valence-corrected chi connectivity index (χ2v) is 8.96. The summed E-state index contributed by atoms with van der Waals surface area (Å²) >= 11 is 0. The molecule has 0 radical (unpaired) electrons. The minimum atomic E-state index is -4.50. The Hall–Kier alpha value is -4.01. The van der Waals surface area contributed by atoms with Crippen LogP contribution in [-0.2, 0) is 17.4 Å². The molecular weight excluding hydrogens is 483 g/mol. The van der Waals surface area contributed by atoms with E-state index in [2.05, 4.69) is 4.99 Å². The first kappa shape index (κ1) is 24.7. The number of benzene rings is 3. The molecule has 0 atom stereocenters. The number of amidine groups is 1. The molecule has 3 aromatic carbocycles. The van der Waals surface area contributed by atoms with E-state index in [9.17, 15) is 18.0 Å². The van der Waals surface area contributed by atoms with Crippen molar-refractivity contribution in [3.8, 4) is 17.2 Å². The molecule has 3 aromatic rings. The molecule has 5 rings (SSSR count). The van der Waals surface area contributed by atoms with Crippen LogP contribution in [0.5, 0.6) is 17.2 Å². The number of hydrogen-bond acceptors (Lipinski definition) is 5. The van der Waals surface area contributed by atoms with Gasteiger partial charge in [-0.15, -0.1) is 0 Å². The Kier molecular flexibility index (Phi) is 6.78. The Balaban J connectivity index is 1.45. The van der Waals surface area contributed by atoms with Crippen LogP contribution >= 0.6 is 0 Å². The monoisotopic (exact) mass is 509 g/mol. The molecule has 2 aliphatic heterocycles. The van der Waals surface area contributed by atoms with Crippen LogP contribution in [0.3, 0.4) is 0 Å². The smallest absolute Gasteiger partial charge is 0.416 e. The first-order valence-electron chi connectivity index (χ1n) is 12.0. The molecule has 2 heterocycles. The summed E-state index contributed by atoms with van der Waals surface area (Å²) in [5, 5.41) is 0. The van der Waals surface area contributed by atoms with Crippen molar-refractivity contribution < 1.29 is 27.4 Å². The van der Waals surface area contributed by atoms with Crippen LogP contribution in [-0.4, -0.2) is 54.8 Å². The zero-order valence-corrected chi connectivity index (χ0v) is 20.3. The lowest BCUT2D eigenvalue weighted by molar-refractivity contribution is -0.137. The van der Waals surface area contributed by atoms with Crippen molar-refractivity contribution in [3.63, 3.8) is 0 Å². The number of halogens is 3. The Labute approximate surface area is 212 Å². The van der Waals surface area contributed by atoms with Crippen LogP contribution in [0.25, 0.3) is 0 Å². The topological polar surface area (TPSA) is 54.4 Å². The third kappa shape index (κ3) is 5.40. The number of aliphatic imine (C=N–C) groups is 1. The summed E-state index contributed by atoms with van der Waals surface area (Å²) < 4.78 is 51.7. The van der Waals surface area contributed by atoms with Gasteiger partial charge < -0.3 is 19.3 Å². The maximum atomic E-state index is 13.4. The van der Waals surface area contributed by atoms with E-state index >= 15 is 0 Å². The van der Waals surface area contributed by atoms with Gasteiger partial charge in [0.15, 0.2) is 5.75 Å². The zero-order chi connectivity index (χ0) is 26.0. The first-order valence-corrected chi connectivity index (χ1v) is 12.0. The minimum Gasteiger partial charge on any atom is -0.497 e. The van der Waals surface area contributed by atoms with Gasteiger partial charge in [-0.25, -0.2) is 4.99 Å². The van der Waals surface area contributed by atoms with Gasteiger partial charge in [-0.05, 0) is 42.3 Å². The summed E-state index contributed by atoms with van der Waals surface area (Å²) in [7, 11) is 1.53. The van der Waals surface area contributed by atoms with Crippen molar-refractivity contribution in [2.75, 3.05) is 33.3 Å². The van der Waals surface area contributed by atoms with E-state index in [1.54, 1.807) is 18.2 Å². The van der Waals surface area contributed by atoms with Gasteiger partial charge in [-0.3, -0.25) is 4.79 Å². The van der Waals surface area contributed by atoms with Gasteiger partial charge >= 0.3 is 6.18 Å². The summed E-state index contributed by atoms with van der Waals surface area (Å²) in [4.78, 5) is 21.5. The molecule has 2 aliphatic rings. The predicted molar refractivity (Wildman–Crippen MR) is 134 cm³/mol. The van der Waals surface area contributed by atoms with Gasteiger partial charge in [0.25, 0.3) is 0 Å². The highest BCUT2D eigenvalue weighted by Gasteiger charge is 2.33. The minimum absolute atomic E-state index is 0.0458. The molecule has 1 saturated heterocycles. The molecule has 0 unspecified atom stereocenters. The van der Waals surface area contributed by atoms with Gasteiger partial charge in [0.05, 0.1) is 24.7 Å². The number of hydrogen-bond donors (Lipinski definition) is 0. The van der Waals surface area contributed by atoms with Crippen molar-refractivity contribution in [1.82, 2.24) is 9.80 Å². The second-order valence-electron chi connectivity index (χ2n) is 8.96. The van der Waals surface area contributed by atoms with Gasteiger partial charge in [0.1, 0.15) is 23.0 Å². The average Bonchev–Trinajstić information content (AvgIpc) is 3.23. The number of alkyl halides is 3. The molecule has 0 aliphatic carbocycles. The quantitative estimate of drug-likeness (QED) is 0.456. The Morgan fingerprint density at radius 2 is 1.78 bits per heavy atom. The summed E-state index contributed by atoms with van der Waals surface area (Å²) in [6.45, 7) is 2.15. The lowest BCUT2D eigenvalue weighted by atomic mass is 10.1. The van der Waals surface area contributed by atoms with E-state index in [-0.39, 0.29) is 17.3 Å². The Morgan fingerprint density at radius 3 is 2.54 bits per heavy atom. The third-order valence-electron chi connectivity index (χ3n) is 6.51. The normalized spacial score (nSPS) is 15.5. The van der Waals surface area contributed by atoms with Crippen molar-refractivity contribution >= 4 is 17.4 Å². The number of rotatable bonds is 3. The molecule has 192 valence electrons. The van der Waals surface area contributed by atoms with Crippen LogP contribution in [0.1, 0.15) is 23.1 Å². The molecule has 9 heteroatoms. The Bertz CT molecular complexity index is 1330. The average molecular weight is 510 g/mol. The number of amides is 1. The highest BCUT2D eigenvalue weighted by Crippen LogP contribution is 2.42. The maximum absolute atomic E-state index is 13.4. The zero-order valence-electron chi connectivity index (χ0n) is 20.3. The van der Waals surface area contributed by atoms with E-state index in [1.807, 2.05) is 40.1 Å². The Morgan fingerprint density at radius 1 is 0.973 bits per heavy atom. The van der Waals surface area contributed by atoms with E-state index in [0.717, 1.165) is 17.7 Å². The molecule has 6 nitrogen and oxygen atoms in total. The molecule has 37 heavy (non-hydrogen) atoms. The predicted octanol–water partition coefficient (Wildman–Crippen LogP) is 5.68. The van der Waals surface area contributed by atoms with Crippen molar-refractivity contribution in [2.24, 2.45) is 4.99 Å². The largest absolute Gasteiger partial charge is 0.497 e. The standard InChI is InChI=1S/C28H26F3N3O3/c1-36-21-9-10-22-25(18-21)37-24-11-8-20(28(29,30)31)17-23(24)32-27(22)34-13-5-12-33(14-15-34)26(35)16-19-6-3-2-4-7-19/h2-4,6-11,17-18H,5,12-16H2,1H3. The van der Waals surface area contributed by atoms with Gasteiger partial charge in [0.2, 0.25) is 5.91 Å². The van der Waals surface area contributed by atoms with E-state index in [4.69, 9.17) is 9.47 Å². The fraction of sp³-hybridized carbons (Fsp3) is 0.286. The van der Waals surface area contributed by atoms with Crippen LogP contribution in [0, 0.1) is 0 Å². The molecule has 0 N–H and O–H groups in total. The fourth-order valence-corrected chi connectivity index (χ4v) is 4.56. The molecule has 0 spiro atoms. The van der Waals surface area contributed by atoms with Crippen LogP contribution < -0.4 is 9.47 Å². The summed E-state index contributed by atoms with van der Waals surface area (Å²) in [6.07, 6.45) is -3.48. The summed E-state index contributed by atoms with van der Waals surface area (Å²) in [5.74, 6) is 1.78. The van der Waals surface area contributed by atoms with E-state index in [1.165, 1.54) is 13.2 Å². The summed E-state index contributed by atoms with van der Waals surface area (Å²) in [5.41, 5.74) is 0.907. The molecule has 0 saturated carbocycles. The number of carbonyl (C=O) groups excluding carboxylic acids is 1. The van der Waals surface area contributed by atoms with E-state index < -0.39 is 11.7 Å². The lowest BCUT2D eigenvalue weighted by Crippen LogP contribution is -2.38. The van der Waals surface area contributed by atoms with Crippen LogP contribution in [0.2, 0.25) is 0 Å². The highest BCUT2D eigenvalue weighted by molar-refractivity contribution is 6.04. The molecular formula is C28H26F3N3O3. The number of fused-ring (bicyclic) bond motifs is 2. The van der Waals surface area contributed by atoms with Crippen LogP contribution in [0.15, 0.2) is 71.7 Å². The number of ether oxygens (including phenoxy) is 2. The molecule has 1 fully saturated rings. The SMILES string of the molecule is COc1ccc2c(c1)Oc1ccc(C(F)(F)F)cc1N=C2N1CCCN(C(=O)Cc2ccccc2)CC1. The molecule has 0 bridgehead atoms. The third-order valence-corrected chi connectivity index (χ3v) is 6.51. The van der Waals surface area contributed by atoms with Crippen molar-refractivity contribution in [1.29, 1.82) is 0 Å². The molecule has 0 aromatic heterocycles. The maximum Gasteiger partial charge on any atom is 0.416 e. The van der Waals surface area contributed by atoms with Crippen molar-refractivity contribution in [3.05, 3.63) is 83.4 Å². The molecule has 1 amide bonds. The van der Waals surface area contributed by atoms with Crippen LogP contribution in [0.4, 0.5) is 18.9 Å². The number of carbonyl (C=O) groups is 1.